The third kappa shape index (κ3) is 4.23. The Bertz CT molecular complexity index is 1120. The van der Waals surface area contributed by atoms with Crippen LogP contribution in [0.4, 0.5) is 24.5 Å². The number of phenols is 1. The summed E-state index contributed by atoms with van der Waals surface area (Å²) >= 11 is 0. The summed E-state index contributed by atoms with van der Waals surface area (Å²) in [6.07, 6.45) is 0.595. The van der Waals surface area contributed by atoms with Gasteiger partial charge in [-0.1, -0.05) is 42.3 Å². The minimum absolute atomic E-state index is 0.0291. The van der Waals surface area contributed by atoms with Crippen LogP contribution in [0.25, 0.3) is 0 Å². The molecular formula is C23H17F3N2O2. The van der Waals surface area contributed by atoms with Crippen LogP contribution >= 0.6 is 0 Å². The number of alkyl halides is 3. The second-order valence-corrected chi connectivity index (χ2v) is 6.51. The standard InChI is InChI=1S/C15H10F3NO2.C8H7N/c16-15(17,18)11-3-1-2-10-12(14(21)19-13(10)11)8-4-6-9(20)7-5-8;1-2-7-5-3-4-6-8(7)9/h1-7,12,20H,(H,19,21);1,3-6H,9H2. The first-order valence-corrected chi connectivity index (χ1v) is 8.83. The Morgan fingerprint density at radius 3 is 2.23 bits per heavy atom. The minimum atomic E-state index is -4.53. The zero-order chi connectivity index (χ0) is 21.9. The Morgan fingerprint density at radius 1 is 1.00 bits per heavy atom. The summed E-state index contributed by atoms with van der Waals surface area (Å²) in [5.74, 6) is 1.19. The van der Waals surface area contributed by atoms with Gasteiger partial charge in [0.05, 0.1) is 17.2 Å². The molecule has 4 rings (SSSR count). The molecule has 1 atom stereocenters. The molecule has 1 heterocycles. The van der Waals surface area contributed by atoms with Crippen molar-refractivity contribution >= 4 is 17.3 Å². The van der Waals surface area contributed by atoms with Crippen LogP contribution in [0, 0.1) is 12.3 Å². The lowest BCUT2D eigenvalue weighted by Gasteiger charge is -2.12. The largest absolute Gasteiger partial charge is 0.508 e. The zero-order valence-electron chi connectivity index (χ0n) is 15.6. The fraction of sp³-hybridized carbons (Fsp3) is 0.0870. The molecular weight excluding hydrogens is 393 g/mol. The molecule has 4 N–H and O–H groups in total. The number of halogens is 3. The monoisotopic (exact) mass is 410 g/mol. The minimum Gasteiger partial charge on any atom is -0.508 e. The summed E-state index contributed by atoms with van der Waals surface area (Å²) in [5, 5.41) is 11.6. The SMILES string of the molecule is C#Cc1ccccc1N.O=C1Nc2c(cccc2C(F)(F)F)C1c1ccc(O)cc1. The highest BCUT2D eigenvalue weighted by atomic mass is 19.4. The zero-order valence-corrected chi connectivity index (χ0v) is 15.6. The van der Waals surface area contributed by atoms with Crippen molar-refractivity contribution in [2.75, 3.05) is 11.1 Å². The Balaban J connectivity index is 0.000000239. The number of nitrogen functional groups attached to an aromatic ring is 1. The molecule has 30 heavy (non-hydrogen) atoms. The number of para-hydroxylation sites is 2. The van der Waals surface area contributed by atoms with E-state index in [1.165, 1.54) is 36.4 Å². The molecule has 4 nitrogen and oxygen atoms in total. The molecule has 0 aromatic heterocycles. The van der Waals surface area contributed by atoms with Gasteiger partial charge in [0.1, 0.15) is 5.75 Å². The molecule has 0 fully saturated rings. The van der Waals surface area contributed by atoms with Crippen molar-refractivity contribution in [2.24, 2.45) is 0 Å². The topological polar surface area (TPSA) is 75.4 Å². The fourth-order valence-corrected chi connectivity index (χ4v) is 3.15. The third-order valence-corrected chi connectivity index (χ3v) is 4.57. The predicted molar refractivity (Wildman–Crippen MR) is 109 cm³/mol. The van der Waals surface area contributed by atoms with Crippen LogP contribution in [-0.4, -0.2) is 11.0 Å². The molecule has 1 amide bonds. The second-order valence-electron chi connectivity index (χ2n) is 6.51. The number of hydrogen-bond acceptors (Lipinski definition) is 3. The maximum atomic E-state index is 13.0. The number of phenolic OH excluding ortho intramolecular Hbond substituents is 1. The van der Waals surface area contributed by atoms with Crippen molar-refractivity contribution in [3.05, 3.63) is 89.0 Å². The van der Waals surface area contributed by atoms with Gasteiger partial charge >= 0.3 is 6.18 Å². The van der Waals surface area contributed by atoms with E-state index in [2.05, 4.69) is 11.2 Å². The Hall–Kier alpha value is -3.92. The van der Waals surface area contributed by atoms with Crippen LogP contribution in [0.15, 0.2) is 66.7 Å². The molecule has 1 unspecified atom stereocenters. The summed E-state index contributed by atoms with van der Waals surface area (Å²) in [5.41, 5.74) is 6.70. The van der Waals surface area contributed by atoms with Gasteiger partial charge in [0, 0.05) is 11.3 Å². The van der Waals surface area contributed by atoms with E-state index in [0.29, 0.717) is 16.8 Å². The molecule has 1 aliphatic heterocycles. The van der Waals surface area contributed by atoms with Gasteiger partial charge < -0.3 is 16.2 Å². The second kappa shape index (κ2) is 8.21. The number of hydrogen-bond donors (Lipinski definition) is 3. The average molecular weight is 410 g/mol. The highest BCUT2D eigenvalue weighted by Gasteiger charge is 2.40. The van der Waals surface area contributed by atoms with Crippen molar-refractivity contribution in [1.82, 2.24) is 0 Å². The van der Waals surface area contributed by atoms with Gasteiger partial charge in [-0.25, -0.2) is 0 Å². The molecule has 3 aromatic carbocycles. The van der Waals surface area contributed by atoms with Crippen LogP contribution in [-0.2, 0) is 11.0 Å². The van der Waals surface area contributed by atoms with Gasteiger partial charge in [-0.15, -0.1) is 6.42 Å². The Labute approximate surface area is 171 Å². The smallest absolute Gasteiger partial charge is 0.418 e. The summed E-state index contributed by atoms with van der Waals surface area (Å²) in [6.45, 7) is 0. The molecule has 3 aromatic rings. The van der Waals surface area contributed by atoms with Crippen LogP contribution in [0.3, 0.4) is 0 Å². The van der Waals surface area contributed by atoms with Crippen molar-refractivity contribution in [1.29, 1.82) is 0 Å². The molecule has 152 valence electrons. The molecule has 1 aliphatic rings. The number of benzene rings is 3. The number of fused-ring (bicyclic) bond motifs is 1. The maximum absolute atomic E-state index is 13.0. The van der Waals surface area contributed by atoms with E-state index in [9.17, 15) is 23.1 Å². The van der Waals surface area contributed by atoms with Crippen molar-refractivity contribution in [3.63, 3.8) is 0 Å². The van der Waals surface area contributed by atoms with E-state index in [1.54, 1.807) is 6.07 Å². The summed E-state index contributed by atoms with van der Waals surface area (Å²) < 4.78 is 38.9. The van der Waals surface area contributed by atoms with Crippen LogP contribution in [0.1, 0.15) is 28.2 Å². The van der Waals surface area contributed by atoms with Gasteiger partial charge in [-0.05, 0) is 41.5 Å². The highest BCUT2D eigenvalue weighted by Crippen LogP contribution is 2.44. The number of aromatic hydroxyl groups is 1. The van der Waals surface area contributed by atoms with Crippen molar-refractivity contribution in [2.45, 2.75) is 12.1 Å². The first-order chi connectivity index (χ1) is 14.2. The lowest BCUT2D eigenvalue weighted by Crippen LogP contribution is -2.14. The molecule has 0 saturated carbocycles. The predicted octanol–water partition coefficient (Wildman–Crippen LogP) is 4.75. The van der Waals surface area contributed by atoms with Crippen LogP contribution < -0.4 is 11.1 Å². The summed E-state index contributed by atoms with van der Waals surface area (Å²) in [4.78, 5) is 12.1. The van der Waals surface area contributed by atoms with Gasteiger partial charge in [-0.2, -0.15) is 13.2 Å². The van der Waals surface area contributed by atoms with E-state index < -0.39 is 23.6 Å². The number of rotatable bonds is 1. The molecule has 0 aliphatic carbocycles. The normalized spacial score (nSPS) is 14.7. The number of terminal acetylenes is 1. The number of amides is 1. The number of carbonyl (C=O) groups is 1. The third-order valence-electron chi connectivity index (χ3n) is 4.57. The Kier molecular flexibility index (Phi) is 5.70. The van der Waals surface area contributed by atoms with E-state index in [0.717, 1.165) is 11.6 Å². The summed E-state index contributed by atoms with van der Waals surface area (Å²) in [7, 11) is 0. The number of anilines is 2. The highest BCUT2D eigenvalue weighted by molar-refractivity contribution is 6.05. The molecule has 7 heteroatoms. The van der Waals surface area contributed by atoms with Gasteiger partial charge in [0.15, 0.2) is 0 Å². The lowest BCUT2D eigenvalue weighted by atomic mass is 9.91. The van der Waals surface area contributed by atoms with Crippen molar-refractivity contribution in [3.8, 4) is 18.1 Å². The number of carbonyl (C=O) groups excluding carboxylic acids is 1. The maximum Gasteiger partial charge on any atom is 0.418 e. The molecule has 0 saturated heterocycles. The summed E-state index contributed by atoms with van der Waals surface area (Å²) in [6, 6.07) is 16.9. The average Bonchev–Trinajstić information content (AvgIpc) is 3.04. The van der Waals surface area contributed by atoms with E-state index in [1.807, 2.05) is 18.2 Å². The van der Waals surface area contributed by atoms with Crippen molar-refractivity contribution < 1.29 is 23.1 Å². The number of nitrogens with two attached hydrogens (primary N) is 1. The molecule has 0 spiro atoms. The van der Waals surface area contributed by atoms with E-state index in [4.69, 9.17) is 12.2 Å². The van der Waals surface area contributed by atoms with Crippen LogP contribution in [0.5, 0.6) is 5.75 Å². The Morgan fingerprint density at radius 2 is 1.67 bits per heavy atom. The van der Waals surface area contributed by atoms with Gasteiger partial charge in [-0.3, -0.25) is 4.79 Å². The molecule has 0 bridgehead atoms. The fourth-order valence-electron chi connectivity index (χ4n) is 3.15. The van der Waals surface area contributed by atoms with Gasteiger partial charge in [0.2, 0.25) is 5.91 Å². The van der Waals surface area contributed by atoms with E-state index in [-0.39, 0.29) is 11.4 Å². The quantitative estimate of drug-likeness (QED) is 0.401. The first-order valence-electron chi connectivity index (χ1n) is 8.83. The first kappa shape index (κ1) is 20.8. The lowest BCUT2D eigenvalue weighted by molar-refractivity contribution is -0.136. The van der Waals surface area contributed by atoms with Gasteiger partial charge in [0.25, 0.3) is 0 Å². The molecule has 0 radical (unpaired) electrons. The van der Waals surface area contributed by atoms with Crippen LogP contribution in [0.2, 0.25) is 0 Å². The number of nitrogens with one attached hydrogen (secondary N) is 1. The van der Waals surface area contributed by atoms with E-state index >= 15 is 0 Å².